The van der Waals surface area contributed by atoms with Crippen LogP contribution >= 0.6 is 0 Å². The molecule has 1 aliphatic heterocycles. The molecule has 1 aromatic carbocycles. The summed E-state index contributed by atoms with van der Waals surface area (Å²) in [7, 11) is 1.96. The SMILES string of the molecule is Cn1ccc(-c2cccc3c2CCNC3)n1. The van der Waals surface area contributed by atoms with Crippen LogP contribution in [0.4, 0.5) is 0 Å². The summed E-state index contributed by atoms with van der Waals surface area (Å²) in [4.78, 5) is 0. The zero-order chi connectivity index (χ0) is 11.0. The first-order chi connectivity index (χ1) is 7.84. The van der Waals surface area contributed by atoms with Crippen LogP contribution in [0.2, 0.25) is 0 Å². The van der Waals surface area contributed by atoms with E-state index in [9.17, 15) is 0 Å². The van der Waals surface area contributed by atoms with E-state index >= 15 is 0 Å². The Labute approximate surface area is 95.1 Å². The molecule has 1 aromatic heterocycles. The molecular formula is C13H15N3. The van der Waals surface area contributed by atoms with Gasteiger partial charge in [0.2, 0.25) is 0 Å². The fraction of sp³-hybridized carbons (Fsp3) is 0.308. The Morgan fingerprint density at radius 3 is 3.06 bits per heavy atom. The minimum atomic E-state index is 0.982. The Hall–Kier alpha value is -1.61. The molecule has 3 heteroatoms. The fourth-order valence-corrected chi connectivity index (χ4v) is 2.33. The maximum absolute atomic E-state index is 4.49. The maximum atomic E-state index is 4.49. The van der Waals surface area contributed by atoms with E-state index in [1.807, 2.05) is 17.9 Å². The first-order valence-corrected chi connectivity index (χ1v) is 5.66. The van der Waals surface area contributed by atoms with Crippen molar-refractivity contribution < 1.29 is 0 Å². The van der Waals surface area contributed by atoms with Gasteiger partial charge in [0.1, 0.15) is 0 Å². The highest BCUT2D eigenvalue weighted by molar-refractivity contribution is 5.65. The standard InChI is InChI=1S/C13H15N3/c1-16-8-6-13(15-16)12-4-2-3-10-9-14-7-5-11(10)12/h2-4,6,8,14H,5,7,9H2,1H3. The van der Waals surface area contributed by atoms with E-state index in [0.29, 0.717) is 0 Å². The number of nitrogens with one attached hydrogen (secondary N) is 1. The van der Waals surface area contributed by atoms with Gasteiger partial charge in [-0.2, -0.15) is 5.10 Å². The highest BCUT2D eigenvalue weighted by Crippen LogP contribution is 2.26. The van der Waals surface area contributed by atoms with Gasteiger partial charge in [0.25, 0.3) is 0 Å². The molecule has 0 fully saturated rings. The molecule has 3 nitrogen and oxygen atoms in total. The number of rotatable bonds is 1. The minimum Gasteiger partial charge on any atom is -0.312 e. The van der Waals surface area contributed by atoms with Crippen LogP contribution in [0.15, 0.2) is 30.5 Å². The maximum Gasteiger partial charge on any atom is 0.0925 e. The van der Waals surface area contributed by atoms with Crippen molar-refractivity contribution in [3.63, 3.8) is 0 Å². The molecule has 0 atom stereocenters. The van der Waals surface area contributed by atoms with Gasteiger partial charge in [-0.05, 0) is 30.2 Å². The molecule has 16 heavy (non-hydrogen) atoms. The normalized spacial score (nSPS) is 14.8. The van der Waals surface area contributed by atoms with Crippen LogP contribution < -0.4 is 5.32 Å². The van der Waals surface area contributed by atoms with Gasteiger partial charge in [-0.25, -0.2) is 0 Å². The number of aryl methyl sites for hydroxylation is 1. The van der Waals surface area contributed by atoms with E-state index in [4.69, 9.17) is 0 Å². The monoisotopic (exact) mass is 213 g/mol. The van der Waals surface area contributed by atoms with Crippen LogP contribution in [-0.4, -0.2) is 16.3 Å². The number of nitrogens with zero attached hydrogens (tertiary/aromatic N) is 2. The van der Waals surface area contributed by atoms with Gasteiger partial charge in [0, 0.05) is 25.4 Å². The zero-order valence-corrected chi connectivity index (χ0v) is 9.40. The van der Waals surface area contributed by atoms with Crippen molar-refractivity contribution in [2.24, 2.45) is 7.05 Å². The molecule has 2 aromatic rings. The first kappa shape index (κ1) is 9.60. The van der Waals surface area contributed by atoms with Crippen molar-refractivity contribution >= 4 is 0 Å². The van der Waals surface area contributed by atoms with Gasteiger partial charge in [0.05, 0.1) is 5.69 Å². The molecule has 3 rings (SSSR count). The van der Waals surface area contributed by atoms with E-state index in [2.05, 4.69) is 34.7 Å². The lowest BCUT2D eigenvalue weighted by Gasteiger charge is -2.19. The molecule has 1 N–H and O–H groups in total. The topological polar surface area (TPSA) is 29.9 Å². The summed E-state index contributed by atoms with van der Waals surface area (Å²) in [5.41, 5.74) is 5.25. The van der Waals surface area contributed by atoms with Crippen LogP contribution in [0.1, 0.15) is 11.1 Å². The highest BCUT2D eigenvalue weighted by Gasteiger charge is 2.14. The third kappa shape index (κ3) is 1.53. The third-order valence-electron chi connectivity index (χ3n) is 3.13. The molecule has 0 saturated heterocycles. The second kappa shape index (κ2) is 3.76. The average molecular weight is 213 g/mol. The molecule has 0 bridgehead atoms. The van der Waals surface area contributed by atoms with Crippen LogP contribution in [0.3, 0.4) is 0 Å². The summed E-state index contributed by atoms with van der Waals surface area (Å²) >= 11 is 0. The van der Waals surface area contributed by atoms with Crippen molar-refractivity contribution in [2.75, 3.05) is 6.54 Å². The van der Waals surface area contributed by atoms with Gasteiger partial charge >= 0.3 is 0 Å². The number of aromatic nitrogens is 2. The first-order valence-electron chi connectivity index (χ1n) is 5.66. The third-order valence-corrected chi connectivity index (χ3v) is 3.13. The van der Waals surface area contributed by atoms with Gasteiger partial charge in [-0.1, -0.05) is 18.2 Å². The molecular weight excluding hydrogens is 198 g/mol. The number of fused-ring (bicyclic) bond motifs is 1. The second-order valence-electron chi connectivity index (χ2n) is 4.24. The van der Waals surface area contributed by atoms with Crippen LogP contribution in [0.5, 0.6) is 0 Å². The second-order valence-corrected chi connectivity index (χ2v) is 4.24. The number of benzene rings is 1. The molecule has 0 unspecified atom stereocenters. The molecule has 82 valence electrons. The summed E-state index contributed by atoms with van der Waals surface area (Å²) < 4.78 is 1.86. The molecule has 1 aliphatic rings. The van der Waals surface area contributed by atoms with Gasteiger partial charge in [-0.15, -0.1) is 0 Å². The van der Waals surface area contributed by atoms with Crippen molar-refractivity contribution in [3.05, 3.63) is 41.6 Å². The van der Waals surface area contributed by atoms with Crippen LogP contribution in [0, 0.1) is 0 Å². The van der Waals surface area contributed by atoms with E-state index in [0.717, 1.165) is 25.2 Å². The Morgan fingerprint density at radius 1 is 1.31 bits per heavy atom. The minimum absolute atomic E-state index is 0.982. The van der Waals surface area contributed by atoms with Gasteiger partial charge < -0.3 is 5.32 Å². The van der Waals surface area contributed by atoms with E-state index in [-0.39, 0.29) is 0 Å². The molecule has 0 saturated carbocycles. The molecule has 0 amide bonds. The summed E-state index contributed by atoms with van der Waals surface area (Å²) in [5, 5.41) is 7.88. The van der Waals surface area contributed by atoms with Crippen molar-refractivity contribution in [1.29, 1.82) is 0 Å². The lowest BCUT2D eigenvalue weighted by Crippen LogP contribution is -2.24. The zero-order valence-electron chi connectivity index (χ0n) is 9.40. The van der Waals surface area contributed by atoms with Gasteiger partial charge in [0.15, 0.2) is 0 Å². The van der Waals surface area contributed by atoms with Crippen molar-refractivity contribution in [2.45, 2.75) is 13.0 Å². The lowest BCUT2D eigenvalue weighted by molar-refractivity contribution is 0.644. The van der Waals surface area contributed by atoms with E-state index < -0.39 is 0 Å². The van der Waals surface area contributed by atoms with Gasteiger partial charge in [-0.3, -0.25) is 4.68 Å². The van der Waals surface area contributed by atoms with Crippen molar-refractivity contribution in [1.82, 2.24) is 15.1 Å². The summed E-state index contributed by atoms with van der Waals surface area (Å²) in [6, 6.07) is 8.58. The molecule has 2 heterocycles. The largest absolute Gasteiger partial charge is 0.312 e. The summed E-state index contributed by atoms with van der Waals surface area (Å²) in [5.74, 6) is 0. The molecule has 0 spiro atoms. The smallest absolute Gasteiger partial charge is 0.0925 e. The van der Waals surface area contributed by atoms with E-state index in [1.165, 1.54) is 16.7 Å². The van der Waals surface area contributed by atoms with Crippen LogP contribution in [-0.2, 0) is 20.0 Å². The lowest BCUT2D eigenvalue weighted by atomic mass is 9.94. The predicted octanol–water partition coefficient (Wildman–Crippen LogP) is 1.73. The fourth-order valence-electron chi connectivity index (χ4n) is 2.33. The highest BCUT2D eigenvalue weighted by atomic mass is 15.2. The Balaban J connectivity index is 2.13. The Bertz CT molecular complexity index is 514. The van der Waals surface area contributed by atoms with Crippen molar-refractivity contribution in [3.8, 4) is 11.3 Å². The Kier molecular flexibility index (Phi) is 2.26. The quantitative estimate of drug-likeness (QED) is 0.782. The molecule has 0 radical (unpaired) electrons. The van der Waals surface area contributed by atoms with Crippen LogP contribution in [0.25, 0.3) is 11.3 Å². The number of hydrogen-bond donors (Lipinski definition) is 1. The average Bonchev–Trinajstić information content (AvgIpc) is 2.75. The summed E-state index contributed by atoms with van der Waals surface area (Å²) in [6.45, 7) is 2.05. The Morgan fingerprint density at radius 2 is 2.25 bits per heavy atom. The predicted molar refractivity (Wildman–Crippen MR) is 64.1 cm³/mol. The number of hydrogen-bond acceptors (Lipinski definition) is 2. The summed E-state index contributed by atoms with van der Waals surface area (Å²) in [6.07, 6.45) is 3.10. The molecule has 0 aliphatic carbocycles. The van der Waals surface area contributed by atoms with E-state index in [1.54, 1.807) is 0 Å².